The Morgan fingerprint density at radius 1 is 0.917 bits per heavy atom. The first kappa shape index (κ1) is 15.4. The van der Waals surface area contributed by atoms with Crippen molar-refractivity contribution < 1.29 is 25.2 Å². The second kappa shape index (κ2) is 5.92. The van der Waals surface area contributed by atoms with E-state index in [1.807, 2.05) is 0 Å². The van der Waals surface area contributed by atoms with Crippen LogP contribution in [0.3, 0.4) is 0 Å². The number of hydrogen-bond acceptors (Lipinski definition) is 5. The van der Waals surface area contributed by atoms with Gasteiger partial charge >= 0.3 is 5.97 Å². The summed E-state index contributed by atoms with van der Waals surface area (Å²) < 4.78 is 0. The number of phenolic OH excluding ortho intramolecular Hbond substituents is 2. The van der Waals surface area contributed by atoms with Gasteiger partial charge in [-0.05, 0) is 48.0 Å². The Morgan fingerprint density at radius 3 is 2.42 bits per heavy atom. The maximum Gasteiger partial charge on any atom is 0.339 e. The molecule has 6 nitrogen and oxygen atoms in total. The molecule has 3 rings (SSSR count). The average Bonchev–Trinajstić information content (AvgIpc) is 2.56. The number of hydrogen-bond donors (Lipinski definition) is 4. The van der Waals surface area contributed by atoms with Crippen molar-refractivity contribution >= 4 is 29.0 Å². The van der Waals surface area contributed by atoms with Gasteiger partial charge < -0.3 is 20.4 Å². The van der Waals surface area contributed by atoms with Crippen LogP contribution < -0.4 is 0 Å². The standard InChI is InChI=1S/C18H13NO5/c20-15-8-2-10(9-16(15)21)1-3-11-4-5-12-14(19-11)7-6-13(17(12)22)18(23)24/h1-9,20-22H,(H,23,24)/b3-1+. The summed E-state index contributed by atoms with van der Waals surface area (Å²) in [4.78, 5) is 15.4. The number of rotatable bonds is 3. The second-order valence-corrected chi connectivity index (χ2v) is 5.15. The molecule has 0 spiro atoms. The summed E-state index contributed by atoms with van der Waals surface area (Å²) in [5, 5.41) is 38.1. The van der Waals surface area contributed by atoms with Gasteiger partial charge in [0.05, 0.1) is 11.2 Å². The van der Waals surface area contributed by atoms with Gasteiger partial charge in [-0.25, -0.2) is 9.78 Å². The number of aromatic carboxylic acids is 1. The molecule has 0 aliphatic heterocycles. The Hall–Kier alpha value is -3.54. The molecule has 6 heteroatoms. The van der Waals surface area contributed by atoms with E-state index in [4.69, 9.17) is 5.11 Å². The third-order valence-electron chi connectivity index (χ3n) is 3.54. The number of benzene rings is 2. The molecule has 0 fully saturated rings. The first-order valence-electron chi connectivity index (χ1n) is 7.02. The number of carboxylic acid groups (broad SMARTS) is 1. The highest BCUT2D eigenvalue weighted by atomic mass is 16.4. The van der Waals surface area contributed by atoms with Gasteiger partial charge in [0, 0.05) is 5.39 Å². The molecule has 1 heterocycles. The number of carbonyl (C=O) groups is 1. The molecule has 0 bridgehead atoms. The van der Waals surface area contributed by atoms with Crippen molar-refractivity contribution in [3.8, 4) is 17.2 Å². The van der Waals surface area contributed by atoms with Crippen molar-refractivity contribution in [2.75, 3.05) is 0 Å². The number of nitrogens with zero attached hydrogens (tertiary/aromatic N) is 1. The fraction of sp³-hybridized carbons (Fsp3) is 0. The Morgan fingerprint density at radius 2 is 1.71 bits per heavy atom. The lowest BCUT2D eigenvalue weighted by Crippen LogP contribution is -1.97. The van der Waals surface area contributed by atoms with Crippen LogP contribution in [0.15, 0.2) is 42.5 Å². The molecule has 1 aromatic heterocycles. The van der Waals surface area contributed by atoms with E-state index in [-0.39, 0.29) is 22.8 Å². The Kier molecular flexibility index (Phi) is 3.79. The van der Waals surface area contributed by atoms with E-state index < -0.39 is 5.97 Å². The highest BCUT2D eigenvalue weighted by Crippen LogP contribution is 2.29. The van der Waals surface area contributed by atoms with Gasteiger partial charge in [-0.2, -0.15) is 0 Å². The summed E-state index contributed by atoms with van der Waals surface area (Å²) in [5.74, 6) is -1.92. The van der Waals surface area contributed by atoms with E-state index in [2.05, 4.69) is 4.98 Å². The Bertz CT molecular complexity index is 979. The number of aromatic nitrogens is 1. The third kappa shape index (κ3) is 2.85. The quantitative estimate of drug-likeness (QED) is 0.551. The van der Waals surface area contributed by atoms with E-state index >= 15 is 0 Å². The van der Waals surface area contributed by atoms with Crippen molar-refractivity contribution in [3.05, 3.63) is 59.3 Å². The van der Waals surface area contributed by atoms with E-state index in [9.17, 15) is 20.1 Å². The predicted octanol–water partition coefficient (Wildman–Crippen LogP) is 3.22. The fourth-order valence-corrected chi connectivity index (χ4v) is 2.30. The minimum absolute atomic E-state index is 0.174. The number of aromatic hydroxyl groups is 3. The fourth-order valence-electron chi connectivity index (χ4n) is 2.30. The summed E-state index contributed by atoms with van der Waals surface area (Å²) in [5.41, 5.74) is 1.56. The van der Waals surface area contributed by atoms with Gasteiger partial charge in [-0.3, -0.25) is 0 Å². The molecule has 0 aliphatic carbocycles. The number of phenols is 3. The number of pyridine rings is 1. The summed E-state index contributed by atoms with van der Waals surface area (Å²) in [6.07, 6.45) is 3.41. The highest BCUT2D eigenvalue weighted by Gasteiger charge is 2.13. The topological polar surface area (TPSA) is 111 Å². The van der Waals surface area contributed by atoms with E-state index in [0.717, 1.165) is 0 Å². The van der Waals surface area contributed by atoms with Gasteiger partial charge in [0.15, 0.2) is 11.5 Å². The van der Waals surface area contributed by atoms with Gasteiger partial charge in [-0.1, -0.05) is 12.1 Å². The zero-order chi connectivity index (χ0) is 17.3. The summed E-state index contributed by atoms with van der Waals surface area (Å²) in [7, 11) is 0. The van der Waals surface area contributed by atoms with Crippen LogP contribution in [0, 0.1) is 0 Å². The van der Waals surface area contributed by atoms with Gasteiger partial charge in [0.2, 0.25) is 0 Å². The van der Waals surface area contributed by atoms with Crippen molar-refractivity contribution in [1.29, 1.82) is 0 Å². The van der Waals surface area contributed by atoms with E-state index in [1.165, 1.54) is 24.3 Å². The van der Waals surface area contributed by atoms with Gasteiger partial charge in [-0.15, -0.1) is 0 Å². The van der Waals surface area contributed by atoms with E-state index in [0.29, 0.717) is 22.2 Å². The van der Waals surface area contributed by atoms with Crippen LogP contribution in [0.2, 0.25) is 0 Å². The molecular formula is C18H13NO5. The van der Waals surface area contributed by atoms with Crippen LogP contribution in [0.4, 0.5) is 0 Å². The minimum atomic E-state index is -1.20. The molecule has 0 saturated carbocycles. The molecule has 0 aliphatic rings. The summed E-state index contributed by atoms with van der Waals surface area (Å²) >= 11 is 0. The maximum absolute atomic E-state index is 11.0. The summed E-state index contributed by atoms with van der Waals surface area (Å²) in [6.45, 7) is 0. The summed E-state index contributed by atoms with van der Waals surface area (Å²) in [6, 6.07) is 10.5. The molecule has 0 radical (unpaired) electrons. The molecule has 0 saturated heterocycles. The molecule has 3 aromatic rings. The van der Waals surface area contributed by atoms with Crippen LogP contribution in [-0.2, 0) is 0 Å². The second-order valence-electron chi connectivity index (χ2n) is 5.15. The van der Waals surface area contributed by atoms with Crippen LogP contribution in [0.1, 0.15) is 21.6 Å². The monoisotopic (exact) mass is 323 g/mol. The SMILES string of the molecule is O=C(O)c1ccc2nc(/C=C/c3ccc(O)c(O)c3)ccc2c1O. The molecule has 0 amide bonds. The normalized spacial score (nSPS) is 11.2. The predicted molar refractivity (Wildman–Crippen MR) is 89.1 cm³/mol. The molecule has 4 N–H and O–H groups in total. The largest absolute Gasteiger partial charge is 0.506 e. The minimum Gasteiger partial charge on any atom is -0.506 e. The van der Waals surface area contributed by atoms with Crippen molar-refractivity contribution in [3.63, 3.8) is 0 Å². The van der Waals surface area contributed by atoms with Crippen molar-refractivity contribution in [1.82, 2.24) is 4.98 Å². The molecule has 0 unspecified atom stereocenters. The lowest BCUT2D eigenvalue weighted by atomic mass is 10.1. The average molecular weight is 323 g/mol. The molecule has 24 heavy (non-hydrogen) atoms. The lowest BCUT2D eigenvalue weighted by Gasteiger charge is -2.05. The lowest BCUT2D eigenvalue weighted by molar-refractivity contribution is 0.0694. The van der Waals surface area contributed by atoms with Crippen molar-refractivity contribution in [2.45, 2.75) is 0 Å². The Balaban J connectivity index is 1.96. The molecular weight excluding hydrogens is 310 g/mol. The first-order chi connectivity index (χ1) is 11.5. The smallest absolute Gasteiger partial charge is 0.339 e. The molecule has 0 atom stereocenters. The van der Waals surface area contributed by atoms with E-state index in [1.54, 1.807) is 30.4 Å². The first-order valence-corrected chi connectivity index (χ1v) is 7.02. The zero-order valence-corrected chi connectivity index (χ0v) is 12.3. The number of carboxylic acids is 1. The van der Waals surface area contributed by atoms with Crippen LogP contribution >= 0.6 is 0 Å². The van der Waals surface area contributed by atoms with Gasteiger partial charge in [0.25, 0.3) is 0 Å². The number of fused-ring (bicyclic) bond motifs is 1. The van der Waals surface area contributed by atoms with Crippen LogP contribution in [-0.4, -0.2) is 31.4 Å². The van der Waals surface area contributed by atoms with Crippen molar-refractivity contribution in [2.24, 2.45) is 0 Å². The Labute approximate surface area is 136 Å². The highest BCUT2D eigenvalue weighted by molar-refractivity contribution is 5.99. The zero-order valence-electron chi connectivity index (χ0n) is 12.3. The third-order valence-corrected chi connectivity index (χ3v) is 3.54. The van der Waals surface area contributed by atoms with Gasteiger partial charge in [0.1, 0.15) is 11.3 Å². The van der Waals surface area contributed by atoms with Crippen LogP contribution in [0.5, 0.6) is 17.2 Å². The molecule has 2 aromatic carbocycles. The van der Waals surface area contributed by atoms with Crippen LogP contribution in [0.25, 0.3) is 23.1 Å². The maximum atomic E-state index is 11.0. The molecule has 120 valence electrons.